The Hall–Kier alpha value is -2.34. The van der Waals surface area contributed by atoms with Gasteiger partial charge < -0.3 is 9.84 Å². The molecule has 2 aromatic rings. The van der Waals surface area contributed by atoms with E-state index < -0.39 is 23.7 Å². The summed E-state index contributed by atoms with van der Waals surface area (Å²) >= 11 is 0. The molecule has 0 amide bonds. The third kappa shape index (κ3) is 4.14. The number of halogens is 2. The number of hydrogen-bond acceptors (Lipinski definition) is 4. The Morgan fingerprint density at radius 2 is 1.88 bits per heavy atom. The van der Waals surface area contributed by atoms with E-state index in [1.165, 1.54) is 12.1 Å². The van der Waals surface area contributed by atoms with E-state index in [2.05, 4.69) is 4.98 Å². The van der Waals surface area contributed by atoms with Gasteiger partial charge in [-0.25, -0.2) is 13.6 Å². The van der Waals surface area contributed by atoms with Crippen LogP contribution in [0.3, 0.4) is 0 Å². The minimum Gasteiger partial charge on any atom is -0.462 e. The number of nitrogens with zero attached hydrogens (tertiary/aromatic N) is 1. The van der Waals surface area contributed by atoms with Gasteiger partial charge in [-0.15, -0.1) is 0 Å². The number of ether oxygens (including phenoxy) is 1. The molecule has 1 atom stereocenters. The van der Waals surface area contributed by atoms with Crippen LogP contribution in [0.4, 0.5) is 8.78 Å². The molecular formula is C18H19F2NO3. The molecule has 0 fully saturated rings. The molecule has 128 valence electrons. The van der Waals surface area contributed by atoms with E-state index in [-0.39, 0.29) is 24.2 Å². The summed E-state index contributed by atoms with van der Waals surface area (Å²) in [4.78, 5) is 16.4. The molecule has 0 spiro atoms. The van der Waals surface area contributed by atoms with E-state index in [1.807, 2.05) is 0 Å². The maximum atomic E-state index is 13.5. The van der Waals surface area contributed by atoms with E-state index in [4.69, 9.17) is 4.74 Å². The number of benzene rings is 1. The third-order valence-corrected chi connectivity index (χ3v) is 3.44. The van der Waals surface area contributed by atoms with Crippen molar-refractivity contribution in [2.75, 3.05) is 6.61 Å². The Labute approximate surface area is 139 Å². The van der Waals surface area contributed by atoms with Gasteiger partial charge in [-0.1, -0.05) is 0 Å². The van der Waals surface area contributed by atoms with E-state index in [0.717, 1.165) is 6.07 Å². The maximum absolute atomic E-state index is 13.5. The number of pyridine rings is 1. The van der Waals surface area contributed by atoms with Crippen molar-refractivity contribution in [3.05, 3.63) is 52.7 Å². The van der Waals surface area contributed by atoms with Crippen LogP contribution >= 0.6 is 0 Å². The maximum Gasteiger partial charge on any atom is 0.340 e. The van der Waals surface area contributed by atoms with E-state index in [0.29, 0.717) is 17.0 Å². The van der Waals surface area contributed by atoms with Crippen LogP contribution in [0.25, 0.3) is 11.3 Å². The van der Waals surface area contributed by atoms with Gasteiger partial charge in [0.25, 0.3) is 0 Å². The summed E-state index contributed by atoms with van der Waals surface area (Å²) in [6.45, 7) is 5.12. The summed E-state index contributed by atoms with van der Waals surface area (Å²) in [6, 6.07) is 4.67. The first-order chi connectivity index (χ1) is 11.3. The highest BCUT2D eigenvalue weighted by Crippen LogP contribution is 2.25. The number of carbonyl (C=O) groups is 1. The summed E-state index contributed by atoms with van der Waals surface area (Å²) in [7, 11) is 0. The Balaban J connectivity index is 2.59. The van der Waals surface area contributed by atoms with Crippen LogP contribution < -0.4 is 0 Å². The lowest BCUT2D eigenvalue weighted by molar-refractivity contribution is 0.0523. The molecule has 1 N–H and O–H groups in total. The highest BCUT2D eigenvalue weighted by Gasteiger charge is 2.20. The molecule has 1 aromatic carbocycles. The number of aryl methyl sites for hydroxylation is 1. The average molecular weight is 335 g/mol. The van der Waals surface area contributed by atoms with Crippen LogP contribution in [0, 0.1) is 18.6 Å². The molecule has 4 nitrogen and oxygen atoms in total. The molecule has 2 rings (SSSR count). The van der Waals surface area contributed by atoms with Crippen molar-refractivity contribution in [2.24, 2.45) is 0 Å². The van der Waals surface area contributed by atoms with E-state index in [9.17, 15) is 18.7 Å². The van der Waals surface area contributed by atoms with Crippen molar-refractivity contribution in [1.29, 1.82) is 0 Å². The van der Waals surface area contributed by atoms with Crippen LogP contribution in [-0.2, 0) is 11.2 Å². The zero-order valence-corrected chi connectivity index (χ0v) is 13.8. The van der Waals surface area contributed by atoms with Crippen LogP contribution in [-0.4, -0.2) is 28.8 Å². The molecule has 0 bridgehead atoms. The first-order valence-corrected chi connectivity index (χ1v) is 7.64. The summed E-state index contributed by atoms with van der Waals surface area (Å²) in [5.41, 5.74) is 1.77. The van der Waals surface area contributed by atoms with E-state index >= 15 is 0 Å². The Kier molecular flexibility index (Phi) is 5.62. The number of rotatable bonds is 5. The molecule has 0 aliphatic heterocycles. The van der Waals surface area contributed by atoms with Crippen molar-refractivity contribution >= 4 is 5.97 Å². The average Bonchev–Trinajstić information content (AvgIpc) is 2.45. The first kappa shape index (κ1) is 18.0. The second-order valence-electron chi connectivity index (χ2n) is 5.56. The number of aliphatic hydroxyl groups excluding tert-OH is 1. The Morgan fingerprint density at radius 1 is 1.25 bits per heavy atom. The number of hydrogen-bond donors (Lipinski definition) is 1. The minimum atomic E-state index is -0.712. The lowest BCUT2D eigenvalue weighted by atomic mass is 9.98. The number of aromatic nitrogens is 1. The normalized spacial score (nSPS) is 12.1. The molecule has 1 aromatic heterocycles. The molecule has 0 saturated carbocycles. The highest BCUT2D eigenvalue weighted by atomic mass is 19.1. The monoisotopic (exact) mass is 335 g/mol. The standard InChI is InChI=1S/C18H19F2NO3/c1-4-24-18(23)17-11(3)21-16(8-13(17)5-10(2)22)12-6-14(19)9-15(20)7-12/h6-10,22H,4-5H2,1-3H3. The molecule has 1 unspecified atom stereocenters. The number of esters is 1. The van der Waals surface area contributed by atoms with Crippen molar-refractivity contribution in [2.45, 2.75) is 33.3 Å². The smallest absolute Gasteiger partial charge is 0.340 e. The minimum absolute atomic E-state index is 0.197. The Bertz CT molecular complexity index is 740. The predicted octanol–water partition coefficient (Wildman–Crippen LogP) is 3.44. The fourth-order valence-electron chi connectivity index (χ4n) is 2.55. The van der Waals surface area contributed by atoms with Gasteiger partial charge in [0, 0.05) is 11.6 Å². The van der Waals surface area contributed by atoms with Crippen LogP contribution in [0.2, 0.25) is 0 Å². The molecule has 0 aliphatic rings. The zero-order chi connectivity index (χ0) is 17.9. The predicted molar refractivity (Wildman–Crippen MR) is 85.7 cm³/mol. The largest absolute Gasteiger partial charge is 0.462 e. The molecule has 24 heavy (non-hydrogen) atoms. The number of carbonyl (C=O) groups excluding carboxylic acids is 1. The third-order valence-electron chi connectivity index (χ3n) is 3.44. The van der Waals surface area contributed by atoms with Gasteiger partial charge in [0.2, 0.25) is 0 Å². The van der Waals surface area contributed by atoms with Crippen molar-refractivity contribution in [3.63, 3.8) is 0 Å². The highest BCUT2D eigenvalue weighted by molar-refractivity contribution is 5.92. The van der Waals surface area contributed by atoms with Crippen molar-refractivity contribution in [1.82, 2.24) is 4.98 Å². The summed E-state index contributed by atoms with van der Waals surface area (Å²) in [5, 5.41) is 9.69. The van der Waals surface area contributed by atoms with Gasteiger partial charge in [0.1, 0.15) is 11.6 Å². The second kappa shape index (κ2) is 7.49. The zero-order valence-electron chi connectivity index (χ0n) is 13.8. The molecule has 0 radical (unpaired) electrons. The van der Waals surface area contributed by atoms with Crippen LogP contribution in [0.1, 0.15) is 35.5 Å². The lowest BCUT2D eigenvalue weighted by Gasteiger charge is -2.15. The lowest BCUT2D eigenvalue weighted by Crippen LogP contribution is -2.15. The molecular weight excluding hydrogens is 316 g/mol. The topological polar surface area (TPSA) is 59.4 Å². The molecule has 0 saturated heterocycles. The van der Waals surface area contributed by atoms with Gasteiger partial charge in [-0.2, -0.15) is 0 Å². The number of aliphatic hydroxyl groups is 1. The second-order valence-corrected chi connectivity index (χ2v) is 5.56. The van der Waals surface area contributed by atoms with Gasteiger partial charge in [0.05, 0.1) is 29.7 Å². The van der Waals surface area contributed by atoms with Gasteiger partial charge in [-0.05, 0) is 51.0 Å². The van der Waals surface area contributed by atoms with E-state index in [1.54, 1.807) is 26.8 Å². The quantitative estimate of drug-likeness (QED) is 0.851. The summed E-state index contributed by atoms with van der Waals surface area (Å²) < 4.78 is 31.9. The Morgan fingerprint density at radius 3 is 2.42 bits per heavy atom. The fourth-order valence-corrected chi connectivity index (χ4v) is 2.55. The summed E-state index contributed by atoms with van der Waals surface area (Å²) in [5.74, 6) is -1.96. The van der Waals surface area contributed by atoms with Gasteiger partial charge >= 0.3 is 5.97 Å². The fraction of sp³-hybridized carbons (Fsp3) is 0.333. The van der Waals surface area contributed by atoms with Crippen molar-refractivity contribution < 1.29 is 23.4 Å². The van der Waals surface area contributed by atoms with Gasteiger partial charge in [-0.3, -0.25) is 4.98 Å². The molecule has 6 heteroatoms. The van der Waals surface area contributed by atoms with Crippen LogP contribution in [0.15, 0.2) is 24.3 Å². The SMILES string of the molecule is CCOC(=O)c1c(CC(C)O)cc(-c2cc(F)cc(F)c2)nc1C. The molecule has 1 heterocycles. The molecule has 0 aliphatic carbocycles. The summed E-state index contributed by atoms with van der Waals surface area (Å²) in [6.07, 6.45) is -0.500. The van der Waals surface area contributed by atoms with Crippen LogP contribution in [0.5, 0.6) is 0 Å². The first-order valence-electron chi connectivity index (χ1n) is 7.64. The van der Waals surface area contributed by atoms with Crippen molar-refractivity contribution in [3.8, 4) is 11.3 Å². The van der Waals surface area contributed by atoms with Gasteiger partial charge in [0.15, 0.2) is 0 Å².